The van der Waals surface area contributed by atoms with Crippen LogP contribution >= 0.6 is 11.6 Å². The minimum absolute atomic E-state index is 0.0775. The summed E-state index contributed by atoms with van der Waals surface area (Å²) in [5.41, 5.74) is -1.24. The number of carbonyl (C=O) groups excluding carboxylic acids is 1. The number of hydrogen-bond donors (Lipinski definition) is 5. The maximum absolute atomic E-state index is 12.8. The number of ether oxygens (including phenoxy) is 2. The number of halogens is 1. The fraction of sp³-hybridized carbons (Fsp3) is 0.444. The molecular formula is C27H31ClN6O7. The number of aliphatic hydroxyl groups is 2. The molecule has 0 radical (unpaired) electrons. The standard InChI is InChI=1S/C27H31ClN6O7/c1-3-19(36)23(34-15-31-20-21(30-12-17-9-10-17)32-26(28)33-22(20)34)41-18(13-35)14-40-27(25(38)39,24(37)29-2)11-16-7-5-4-6-8-16/h1,4-8,15,17-19,23,35-36H,9-14H2,2H3,(H,29,37)(H,38,39)(H,30,32,33)/t18-,19+,23+,27?/m0/s1. The number of rotatable bonds is 15. The van der Waals surface area contributed by atoms with E-state index in [2.05, 4.69) is 31.5 Å². The Morgan fingerprint density at radius 2 is 2.02 bits per heavy atom. The van der Waals surface area contributed by atoms with Crippen LogP contribution in [0.25, 0.3) is 11.2 Å². The van der Waals surface area contributed by atoms with Crippen LogP contribution in [0.5, 0.6) is 0 Å². The monoisotopic (exact) mass is 586 g/mol. The summed E-state index contributed by atoms with van der Waals surface area (Å²) in [5.74, 6) is 0.698. The maximum atomic E-state index is 12.8. The Kier molecular flexibility index (Phi) is 9.74. The van der Waals surface area contributed by atoms with Crippen molar-refractivity contribution in [2.45, 2.75) is 43.3 Å². The Bertz CT molecular complexity index is 1410. The Morgan fingerprint density at radius 3 is 2.63 bits per heavy atom. The SMILES string of the molecule is C#C[C@@H](O)[C@@H](O[C@@H](CO)COC(Cc1ccccc1)(C(=O)O)C(=O)NC)n1cnc2c(NCC3CC3)nc(Cl)nc21. The van der Waals surface area contributed by atoms with Gasteiger partial charge < -0.3 is 35.4 Å². The quantitative estimate of drug-likeness (QED) is 0.0973. The summed E-state index contributed by atoms with van der Waals surface area (Å²) < 4.78 is 13.0. The predicted octanol–water partition coefficient (Wildman–Crippen LogP) is 1.00. The molecule has 3 aromatic rings. The van der Waals surface area contributed by atoms with E-state index in [0.717, 1.165) is 12.8 Å². The van der Waals surface area contributed by atoms with Crippen molar-refractivity contribution in [2.75, 3.05) is 32.1 Å². The van der Waals surface area contributed by atoms with Gasteiger partial charge in [-0.15, -0.1) is 6.42 Å². The van der Waals surface area contributed by atoms with Gasteiger partial charge in [0.1, 0.15) is 6.10 Å². The summed E-state index contributed by atoms with van der Waals surface area (Å²) in [7, 11) is 1.29. The topological polar surface area (TPSA) is 181 Å². The Morgan fingerprint density at radius 1 is 1.29 bits per heavy atom. The van der Waals surface area contributed by atoms with Crippen molar-refractivity contribution < 1.29 is 34.4 Å². The number of hydrogen-bond acceptors (Lipinski definition) is 10. The number of imidazole rings is 1. The molecule has 0 spiro atoms. The first-order chi connectivity index (χ1) is 19.7. The van der Waals surface area contributed by atoms with Gasteiger partial charge in [0.25, 0.3) is 5.91 Å². The highest BCUT2D eigenvalue weighted by Gasteiger charge is 2.48. The summed E-state index contributed by atoms with van der Waals surface area (Å²) in [4.78, 5) is 38.0. The molecule has 14 heteroatoms. The van der Waals surface area contributed by atoms with Gasteiger partial charge in [-0.25, -0.2) is 9.78 Å². The first kappa shape index (κ1) is 30.2. The zero-order chi connectivity index (χ0) is 29.6. The van der Waals surface area contributed by atoms with E-state index in [-0.39, 0.29) is 17.4 Å². The number of carboxylic acid groups (broad SMARTS) is 1. The van der Waals surface area contributed by atoms with Crippen LogP contribution in [0.15, 0.2) is 36.7 Å². The molecule has 2 heterocycles. The lowest BCUT2D eigenvalue weighted by Crippen LogP contribution is -2.56. The maximum Gasteiger partial charge on any atom is 0.346 e. The Balaban J connectivity index is 1.60. The van der Waals surface area contributed by atoms with E-state index in [1.54, 1.807) is 30.3 Å². The van der Waals surface area contributed by atoms with E-state index in [1.165, 1.54) is 17.9 Å². The number of aromatic nitrogens is 4. The van der Waals surface area contributed by atoms with Crippen LogP contribution in [0.4, 0.5) is 5.82 Å². The number of nitrogens with one attached hydrogen (secondary N) is 2. The molecule has 2 aromatic heterocycles. The van der Waals surface area contributed by atoms with Crippen molar-refractivity contribution in [3.05, 3.63) is 47.5 Å². The summed E-state index contributed by atoms with van der Waals surface area (Å²) >= 11 is 6.17. The summed E-state index contributed by atoms with van der Waals surface area (Å²) in [5, 5.41) is 36.3. The highest BCUT2D eigenvalue weighted by Crippen LogP contribution is 2.31. The molecule has 4 rings (SSSR count). The molecule has 1 unspecified atom stereocenters. The number of terminal acetylenes is 1. The van der Waals surface area contributed by atoms with Crippen LogP contribution in [-0.2, 0) is 25.5 Å². The second kappa shape index (κ2) is 13.2. The average molecular weight is 587 g/mol. The molecule has 0 aliphatic heterocycles. The first-order valence-electron chi connectivity index (χ1n) is 12.9. The molecule has 0 saturated heterocycles. The van der Waals surface area contributed by atoms with E-state index in [9.17, 15) is 24.9 Å². The Labute approximate surface area is 240 Å². The Hall–Kier alpha value is -3.80. The van der Waals surface area contributed by atoms with E-state index >= 15 is 0 Å². The van der Waals surface area contributed by atoms with Gasteiger partial charge in [-0.1, -0.05) is 36.3 Å². The van der Waals surface area contributed by atoms with Crippen LogP contribution in [0.2, 0.25) is 5.28 Å². The molecule has 41 heavy (non-hydrogen) atoms. The molecule has 5 N–H and O–H groups in total. The van der Waals surface area contributed by atoms with E-state index in [1.807, 2.05) is 0 Å². The lowest BCUT2D eigenvalue weighted by Gasteiger charge is -2.31. The van der Waals surface area contributed by atoms with E-state index in [4.69, 9.17) is 27.5 Å². The zero-order valence-electron chi connectivity index (χ0n) is 22.2. The normalized spacial score (nSPS) is 16.8. The number of carbonyl (C=O) groups is 2. The number of benzene rings is 1. The molecule has 0 bridgehead atoms. The van der Waals surface area contributed by atoms with Gasteiger partial charge in [-0.3, -0.25) is 9.36 Å². The smallest absolute Gasteiger partial charge is 0.346 e. The number of carboxylic acids is 1. The van der Waals surface area contributed by atoms with Crippen molar-refractivity contribution in [1.29, 1.82) is 0 Å². The van der Waals surface area contributed by atoms with Crippen molar-refractivity contribution in [3.63, 3.8) is 0 Å². The number of nitrogens with zero attached hydrogens (tertiary/aromatic N) is 4. The van der Waals surface area contributed by atoms with Crippen molar-refractivity contribution in [1.82, 2.24) is 24.8 Å². The zero-order valence-corrected chi connectivity index (χ0v) is 23.0. The van der Waals surface area contributed by atoms with Crippen LogP contribution in [0.1, 0.15) is 24.6 Å². The molecule has 1 fully saturated rings. The summed E-state index contributed by atoms with van der Waals surface area (Å²) in [6.45, 7) is -0.529. The minimum Gasteiger partial charge on any atom is -0.479 e. The third-order valence-electron chi connectivity index (χ3n) is 6.65. The van der Waals surface area contributed by atoms with Crippen molar-refractivity contribution >= 4 is 40.5 Å². The van der Waals surface area contributed by atoms with Crippen LogP contribution in [0.3, 0.4) is 0 Å². The lowest BCUT2D eigenvalue weighted by molar-refractivity contribution is -0.187. The van der Waals surface area contributed by atoms with E-state index < -0.39 is 49.1 Å². The molecule has 1 aliphatic carbocycles. The highest BCUT2D eigenvalue weighted by atomic mass is 35.5. The molecule has 1 amide bonds. The average Bonchev–Trinajstić information content (AvgIpc) is 3.72. The number of aliphatic hydroxyl groups excluding tert-OH is 2. The fourth-order valence-electron chi connectivity index (χ4n) is 4.22. The number of aliphatic carboxylic acids is 1. The molecule has 1 aliphatic rings. The van der Waals surface area contributed by atoms with Gasteiger partial charge in [-0.2, -0.15) is 9.97 Å². The van der Waals surface area contributed by atoms with E-state index in [0.29, 0.717) is 29.4 Å². The summed E-state index contributed by atoms with van der Waals surface area (Å²) in [6, 6.07) is 8.48. The predicted molar refractivity (Wildman–Crippen MR) is 148 cm³/mol. The van der Waals surface area contributed by atoms with Gasteiger partial charge in [0.2, 0.25) is 10.9 Å². The second-order valence-corrected chi connectivity index (χ2v) is 9.96. The number of anilines is 1. The lowest BCUT2D eigenvalue weighted by atomic mass is 9.93. The van der Waals surface area contributed by atoms with Gasteiger partial charge in [0.05, 0.1) is 19.5 Å². The van der Waals surface area contributed by atoms with Crippen molar-refractivity contribution in [3.8, 4) is 12.3 Å². The largest absolute Gasteiger partial charge is 0.479 e. The van der Waals surface area contributed by atoms with Crippen LogP contribution in [0, 0.1) is 18.3 Å². The van der Waals surface area contributed by atoms with Gasteiger partial charge >= 0.3 is 5.97 Å². The molecule has 218 valence electrons. The van der Waals surface area contributed by atoms with Crippen LogP contribution in [-0.4, -0.2) is 91.3 Å². The molecule has 13 nitrogen and oxygen atoms in total. The molecule has 1 saturated carbocycles. The number of likely N-dealkylation sites (N-methyl/N-ethyl adjacent to an activating group) is 1. The number of amides is 1. The third-order valence-corrected chi connectivity index (χ3v) is 6.82. The molecule has 1 aromatic carbocycles. The highest BCUT2D eigenvalue weighted by molar-refractivity contribution is 6.28. The van der Waals surface area contributed by atoms with Gasteiger partial charge in [0, 0.05) is 20.0 Å². The summed E-state index contributed by atoms with van der Waals surface area (Å²) in [6.07, 6.45) is 4.65. The first-order valence-corrected chi connectivity index (χ1v) is 13.3. The fourth-order valence-corrected chi connectivity index (χ4v) is 4.39. The number of fused-ring (bicyclic) bond motifs is 1. The van der Waals surface area contributed by atoms with Crippen molar-refractivity contribution in [2.24, 2.45) is 5.92 Å². The third kappa shape index (κ3) is 6.92. The molecular weight excluding hydrogens is 556 g/mol. The molecule has 4 atom stereocenters. The minimum atomic E-state index is -2.34. The van der Waals surface area contributed by atoms with Gasteiger partial charge in [0.15, 0.2) is 29.3 Å². The van der Waals surface area contributed by atoms with Crippen LogP contribution < -0.4 is 10.6 Å². The second-order valence-electron chi connectivity index (χ2n) is 9.62. The van der Waals surface area contributed by atoms with Gasteiger partial charge in [-0.05, 0) is 35.9 Å².